The van der Waals surface area contributed by atoms with Crippen molar-refractivity contribution in [3.05, 3.63) is 76.7 Å². The predicted molar refractivity (Wildman–Crippen MR) is 224 cm³/mol. The number of ether oxygens (including phenoxy) is 1. The molecule has 11 nitrogen and oxygen atoms in total. The molecule has 0 unspecified atom stereocenters. The fourth-order valence-electron chi connectivity index (χ4n) is 10.6. The van der Waals surface area contributed by atoms with E-state index in [0.29, 0.717) is 47.8 Å². The van der Waals surface area contributed by atoms with E-state index in [1.54, 1.807) is 37.1 Å². The van der Waals surface area contributed by atoms with Crippen molar-refractivity contribution in [2.45, 2.75) is 116 Å². The van der Waals surface area contributed by atoms with Crippen molar-refractivity contribution in [2.75, 3.05) is 49.1 Å². The highest BCUT2D eigenvalue weighted by atomic mass is 19.3. The van der Waals surface area contributed by atoms with Crippen molar-refractivity contribution in [1.82, 2.24) is 29.4 Å². The summed E-state index contributed by atoms with van der Waals surface area (Å²) in [7, 11) is 1.80. The fourth-order valence-corrected chi connectivity index (χ4v) is 10.6. The molecule has 3 fully saturated rings. The second-order valence-corrected chi connectivity index (χ2v) is 18.8. The molecule has 1 amide bonds. The maximum absolute atomic E-state index is 14.7. The number of halogens is 2. The molecule has 1 aliphatic carbocycles. The summed E-state index contributed by atoms with van der Waals surface area (Å²) in [5.74, 6) is 0.573. The zero-order valence-electron chi connectivity index (χ0n) is 35.2. The smallest absolute Gasteiger partial charge is 0.338 e. The summed E-state index contributed by atoms with van der Waals surface area (Å²) in [6.07, 6.45) is 10.2. The first kappa shape index (κ1) is 39.7. The van der Waals surface area contributed by atoms with Gasteiger partial charge in [-0.05, 0) is 120 Å². The number of aromatic nitrogens is 4. The van der Waals surface area contributed by atoms with Crippen molar-refractivity contribution >= 4 is 29.1 Å². The van der Waals surface area contributed by atoms with Gasteiger partial charge in [0, 0.05) is 111 Å². The van der Waals surface area contributed by atoms with Gasteiger partial charge in [0.25, 0.3) is 6.43 Å². The fraction of sp³-hybridized carbons (Fsp3) is 0.565. The molecule has 6 heterocycles. The summed E-state index contributed by atoms with van der Waals surface area (Å²) in [4.78, 5) is 34.4. The van der Waals surface area contributed by atoms with Gasteiger partial charge in [0.15, 0.2) is 5.82 Å². The monoisotopic (exact) mass is 808 g/mol. The van der Waals surface area contributed by atoms with Crippen LogP contribution in [-0.2, 0) is 36.0 Å². The highest BCUT2D eigenvalue weighted by molar-refractivity contribution is 5.90. The first-order valence-electron chi connectivity index (χ1n) is 21.6. The lowest BCUT2D eigenvalue weighted by atomic mass is 9.67. The summed E-state index contributed by atoms with van der Waals surface area (Å²) in [5.41, 5.74) is 6.92. The predicted octanol–water partition coefficient (Wildman–Crippen LogP) is 8.25. The molecule has 1 spiro atoms. The molecular formula is C46H58F2N8O3. The van der Waals surface area contributed by atoms with E-state index in [-0.39, 0.29) is 23.5 Å². The lowest BCUT2D eigenvalue weighted by Crippen LogP contribution is -2.59. The third-order valence-electron chi connectivity index (χ3n) is 13.7. The van der Waals surface area contributed by atoms with Crippen LogP contribution in [0.15, 0.2) is 48.8 Å². The second-order valence-electron chi connectivity index (χ2n) is 18.8. The van der Waals surface area contributed by atoms with Gasteiger partial charge in [0.2, 0.25) is 5.91 Å². The average molecular weight is 809 g/mol. The summed E-state index contributed by atoms with van der Waals surface area (Å²) < 4.78 is 38.9. The van der Waals surface area contributed by atoms with Crippen LogP contribution in [0.1, 0.15) is 118 Å². The van der Waals surface area contributed by atoms with Crippen LogP contribution in [-0.4, -0.2) is 92.1 Å². The first-order valence-corrected chi connectivity index (χ1v) is 21.6. The molecular weight excluding hydrogens is 751 g/mol. The normalized spacial score (nSPS) is 20.2. The number of carbonyl (C=O) groups is 2. The molecule has 4 aliphatic heterocycles. The number of amides is 1. The number of esters is 1. The summed E-state index contributed by atoms with van der Waals surface area (Å²) >= 11 is 0. The minimum Gasteiger partial charge on any atom is -0.456 e. The van der Waals surface area contributed by atoms with Crippen LogP contribution < -0.4 is 9.80 Å². The van der Waals surface area contributed by atoms with Crippen molar-refractivity contribution in [3.8, 4) is 11.1 Å². The van der Waals surface area contributed by atoms with Gasteiger partial charge in [-0.25, -0.2) is 13.6 Å². The Bertz CT molecular complexity index is 2200. The highest BCUT2D eigenvalue weighted by Gasteiger charge is 2.46. The number of likely N-dealkylation sites (tertiary alicyclic amines) is 1. The number of benzene rings is 2. The zero-order chi connectivity index (χ0) is 41.2. The summed E-state index contributed by atoms with van der Waals surface area (Å²) in [6.45, 7) is 13.3. The number of anilines is 3. The Kier molecular flexibility index (Phi) is 10.3. The Balaban J connectivity index is 0.869. The number of piperidine rings is 1. The second kappa shape index (κ2) is 15.4. The highest BCUT2D eigenvalue weighted by Crippen LogP contribution is 2.48. The molecule has 0 bridgehead atoms. The van der Waals surface area contributed by atoms with Crippen molar-refractivity contribution < 1.29 is 23.1 Å². The first-order chi connectivity index (χ1) is 28.2. The number of hydrogen-bond acceptors (Lipinski definition) is 8. The topological polar surface area (TPSA) is 92.0 Å². The lowest BCUT2D eigenvalue weighted by Gasteiger charge is -2.55. The Labute approximate surface area is 346 Å². The number of aryl methyl sites for hydroxylation is 2. The largest absolute Gasteiger partial charge is 0.456 e. The van der Waals surface area contributed by atoms with E-state index in [1.807, 2.05) is 43.9 Å². The van der Waals surface area contributed by atoms with Crippen LogP contribution in [0.2, 0.25) is 0 Å². The van der Waals surface area contributed by atoms with Crippen LogP contribution in [0.25, 0.3) is 11.1 Å². The number of fused-ring (bicyclic) bond motifs is 2. The Morgan fingerprint density at radius 1 is 0.932 bits per heavy atom. The third kappa shape index (κ3) is 7.75. The van der Waals surface area contributed by atoms with Crippen molar-refractivity contribution in [3.63, 3.8) is 0 Å². The molecule has 0 N–H and O–H groups in total. The lowest BCUT2D eigenvalue weighted by molar-refractivity contribution is -0.129. The molecule has 314 valence electrons. The molecule has 5 aliphatic rings. The van der Waals surface area contributed by atoms with Gasteiger partial charge < -0.3 is 24.3 Å². The molecule has 13 heteroatoms. The van der Waals surface area contributed by atoms with Gasteiger partial charge in [-0.1, -0.05) is 0 Å². The van der Waals surface area contributed by atoms with E-state index in [4.69, 9.17) is 9.84 Å². The zero-order valence-corrected chi connectivity index (χ0v) is 35.2. The van der Waals surface area contributed by atoms with E-state index >= 15 is 0 Å². The van der Waals surface area contributed by atoms with E-state index in [2.05, 4.69) is 36.6 Å². The van der Waals surface area contributed by atoms with Crippen molar-refractivity contribution in [2.24, 2.45) is 12.5 Å². The molecule has 2 aromatic carbocycles. The van der Waals surface area contributed by atoms with Crippen LogP contribution in [0.4, 0.5) is 26.0 Å². The van der Waals surface area contributed by atoms with E-state index in [9.17, 15) is 18.4 Å². The Morgan fingerprint density at radius 3 is 2.31 bits per heavy atom. The van der Waals surface area contributed by atoms with Gasteiger partial charge in [-0.3, -0.25) is 14.2 Å². The van der Waals surface area contributed by atoms with Gasteiger partial charge in [-0.2, -0.15) is 10.2 Å². The van der Waals surface area contributed by atoms with E-state index < -0.39 is 12.0 Å². The summed E-state index contributed by atoms with van der Waals surface area (Å²) in [5, 5.41) is 9.64. The minimum atomic E-state index is -2.64. The molecule has 0 atom stereocenters. The molecule has 59 heavy (non-hydrogen) atoms. The van der Waals surface area contributed by atoms with Gasteiger partial charge in [-0.15, -0.1) is 0 Å². The van der Waals surface area contributed by atoms with Crippen LogP contribution in [0.5, 0.6) is 0 Å². The molecule has 9 rings (SSSR count). The number of alkyl halides is 2. The Morgan fingerprint density at radius 2 is 1.66 bits per heavy atom. The standard InChI is InChI=1S/C46H58F2N8O3/c1-30(57)53-22-16-40-39(27-53)43(55-19-6-7-32-23-37(33-25-49-51(5)26-33)38(42(47)48)24-41(32)55)50-56(40)36-14-20-52(21-15-36)35-12-17-46(18-13-35)28-54(29-46)34-10-8-31(9-11-34)44(58)59-45(2,3)4/h8-11,23-26,35-36,42H,6-7,12-22,27-29H2,1-5H3. The molecule has 2 aromatic heterocycles. The Hall–Kier alpha value is -4.78. The SMILES string of the molecule is CC(=O)N1CCc2c(c(N3CCCc4cc(-c5cnn(C)c5)c(C(F)F)cc43)nn2C2CCN(C3CCC4(CC3)CN(c3ccc(C(=O)OC(C)(C)C)cc3)C4)CC2)C1. The van der Waals surface area contributed by atoms with E-state index in [0.717, 1.165) is 80.9 Å². The molecule has 1 saturated carbocycles. The molecule has 2 saturated heterocycles. The van der Waals surface area contributed by atoms with Crippen LogP contribution >= 0.6 is 0 Å². The third-order valence-corrected chi connectivity index (χ3v) is 13.7. The van der Waals surface area contributed by atoms with Crippen LogP contribution in [0.3, 0.4) is 0 Å². The number of rotatable bonds is 7. The molecule has 0 radical (unpaired) electrons. The minimum absolute atomic E-state index is 0.00406. The van der Waals surface area contributed by atoms with E-state index in [1.165, 1.54) is 37.1 Å². The van der Waals surface area contributed by atoms with Crippen molar-refractivity contribution in [1.29, 1.82) is 0 Å². The number of hydrogen-bond donors (Lipinski definition) is 0. The quantitative estimate of drug-likeness (QED) is 0.173. The number of carbonyl (C=O) groups excluding carboxylic acids is 2. The number of nitrogens with zero attached hydrogens (tertiary/aromatic N) is 8. The van der Waals surface area contributed by atoms with Gasteiger partial charge >= 0.3 is 5.97 Å². The van der Waals surface area contributed by atoms with Gasteiger partial charge in [0.1, 0.15) is 5.60 Å². The van der Waals surface area contributed by atoms with Crippen LogP contribution in [0, 0.1) is 5.41 Å². The van der Waals surface area contributed by atoms with Gasteiger partial charge in [0.05, 0.1) is 24.3 Å². The average Bonchev–Trinajstić information content (AvgIpc) is 3.82. The molecule has 4 aromatic rings. The maximum atomic E-state index is 14.7. The maximum Gasteiger partial charge on any atom is 0.338 e. The summed E-state index contributed by atoms with van der Waals surface area (Å²) in [6, 6.07) is 12.3.